The Morgan fingerprint density at radius 1 is 1.05 bits per heavy atom. The average Bonchev–Trinajstić information content (AvgIpc) is 2.49. The first-order chi connectivity index (χ1) is 10.1. The standard InChI is InChI=1S/C20H18O/c1-15-16(10-6-14-20(15,2)21)12-13-18-9-5-8-17-7-3-4-11-19(17)18/h3-11,14-15,21H,1-2H3. The molecule has 1 nitrogen and oxygen atoms in total. The molecule has 2 aromatic carbocycles. The van der Waals surface area contributed by atoms with E-state index in [0.717, 1.165) is 11.1 Å². The predicted molar refractivity (Wildman–Crippen MR) is 87.8 cm³/mol. The van der Waals surface area contributed by atoms with Crippen molar-refractivity contribution in [2.45, 2.75) is 19.4 Å². The van der Waals surface area contributed by atoms with E-state index in [9.17, 15) is 5.11 Å². The summed E-state index contributed by atoms with van der Waals surface area (Å²) < 4.78 is 0. The number of hydrogen-bond acceptors (Lipinski definition) is 1. The van der Waals surface area contributed by atoms with Gasteiger partial charge in [-0.25, -0.2) is 0 Å². The van der Waals surface area contributed by atoms with Gasteiger partial charge in [-0.2, -0.15) is 0 Å². The van der Waals surface area contributed by atoms with E-state index in [-0.39, 0.29) is 5.92 Å². The Kier molecular flexibility index (Phi) is 3.41. The lowest BCUT2D eigenvalue weighted by molar-refractivity contribution is 0.0700. The third kappa shape index (κ3) is 2.63. The molecule has 2 atom stereocenters. The SMILES string of the molecule is CC1C(C#Cc2cccc3ccccc23)=CC=CC1(C)O. The van der Waals surface area contributed by atoms with Crippen LogP contribution in [0.4, 0.5) is 0 Å². The molecule has 104 valence electrons. The van der Waals surface area contributed by atoms with Gasteiger partial charge in [0, 0.05) is 17.1 Å². The van der Waals surface area contributed by atoms with E-state index in [2.05, 4.69) is 30.0 Å². The van der Waals surface area contributed by atoms with Crippen LogP contribution in [0.3, 0.4) is 0 Å². The Hall–Kier alpha value is -2.30. The van der Waals surface area contributed by atoms with Gasteiger partial charge in [-0.3, -0.25) is 0 Å². The van der Waals surface area contributed by atoms with Crippen LogP contribution >= 0.6 is 0 Å². The van der Waals surface area contributed by atoms with E-state index in [4.69, 9.17) is 0 Å². The molecule has 1 aliphatic rings. The van der Waals surface area contributed by atoms with Crippen LogP contribution in [0.25, 0.3) is 10.8 Å². The van der Waals surface area contributed by atoms with Gasteiger partial charge in [-0.1, -0.05) is 73.4 Å². The topological polar surface area (TPSA) is 20.2 Å². The van der Waals surface area contributed by atoms with Crippen molar-refractivity contribution in [2.24, 2.45) is 5.92 Å². The van der Waals surface area contributed by atoms with E-state index in [1.165, 1.54) is 10.8 Å². The van der Waals surface area contributed by atoms with Crippen molar-refractivity contribution in [3.8, 4) is 11.8 Å². The summed E-state index contributed by atoms with van der Waals surface area (Å²) >= 11 is 0. The lowest BCUT2D eigenvalue weighted by Crippen LogP contribution is -2.32. The van der Waals surface area contributed by atoms with Crippen LogP contribution in [0.2, 0.25) is 0 Å². The molecule has 2 unspecified atom stereocenters. The van der Waals surface area contributed by atoms with Crippen molar-refractivity contribution < 1.29 is 5.11 Å². The Bertz CT molecular complexity index is 792. The highest BCUT2D eigenvalue weighted by atomic mass is 16.3. The first kappa shape index (κ1) is 13.7. The fourth-order valence-electron chi connectivity index (χ4n) is 2.57. The number of aliphatic hydroxyl groups is 1. The second-order valence-corrected chi connectivity index (χ2v) is 5.71. The second kappa shape index (κ2) is 5.24. The van der Waals surface area contributed by atoms with E-state index in [1.54, 1.807) is 0 Å². The first-order valence-corrected chi connectivity index (χ1v) is 7.19. The second-order valence-electron chi connectivity index (χ2n) is 5.71. The predicted octanol–water partition coefficient (Wildman–Crippen LogP) is 4.07. The Morgan fingerprint density at radius 3 is 2.67 bits per heavy atom. The summed E-state index contributed by atoms with van der Waals surface area (Å²) in [6.07, 6.45) is 5.69. The summed E-state index contributed by atoms with van der Waals surface area (Å²) in [6.45, 7) is 3.83. The summed E-state index contributed by atoms with van der Waals surface area (Å²) in [4.78, 5) is 0. The van der Waals surface area contributed by atoms with Crippen molar-refractivity contribution in [3.05, 3.63) is 71.8 Å². The molecule has 0 radical (unpaired) electrons. The lowest BCUT2D eigenvalue weighted by Gasteiger charge is -2.29. The van der Waals surface area contributed by atoms with Gasteiger partial charge in [0.2, 0.25) is 0 Å². The average molecular weight is 274 g/mol. The highest BCUT2D eigenvalue weighted by molar-refractivity contribution is 5.88. The van der Waals surface area contributed by atoms with Crippen LogP contribution in [-0.4, -0.2) is 10.7 Å². The summed E-state index contributed by atoms with van der Waals surface area (Å²) in [5.41, 5.74) is 1.17. The molecule has 1 heteroatoms. The molecule has 0 saturated heterocycles. The number of allylic oxidation sites excluding steroid dienone is 2. The maximum Gasteiger partial charge on any atom is 0.0874 e. The Labute approximate surface area is 125 Å². The zero-order valence-corrected chi connectivity index (χ0v) is 12.3. The smallest absolute Gasteiger partial charge is 0.0874 e. The molecule has 0 fully saturated rings. The molecule has 0 saturated carbocycles. The first-order valence-electron chi connectivity index (χ1n) is 7.19. The van der Waals surface area contributed by atoms with Crippen LogP contribution in [0, 0.1) is 17.8 Å². The lowest BCUT2D eigenvalue weighted by atomic mass is 9.81. The fourth-order valence-corrected chi connectivity index (χ4v) is 2.57. The van der Waals surface area contributed by atoms with Crippen molar-refractivity contribution in [1.29, 1.82) is 0 Å². The molecule has 0 bridgehead atoms. The zero-order chi connectivity index (χ0) is 14.9. The third-order valence-electron chi connectivity index (χ3n) is 4.18. The van der Waals surface area contributed by atoms with Gasteiger partial charge in [-0.05, 0) is 23.8 Å². The largest absolute Gasteiger partial charge is 0.385 e. The Balaban J connectivity index is 2.01. The van der Waals surface area contributed by atoms with Crippen molar-refractivity contribution in [1.82, 2.24) is 0 Å². The summed E-state index contributed by atoms with van der Waals surface area (Å²) in [5, 5.41) is 12.6. The molecule has 0 amide bonds. The minimum absolute atomic E-state index is 0.00461. The van der Waals surface area contributed by atoms with Gasteiger partial charge in [0.1, 0.15) is 0 Å². The molecule has 0 aliphatic heterocycles. The van der Waals surface area contributed by atoms with Crippen LogP contribution < -0.4 is 0 Å². The summed E-state index contributed by atoms with van der Waals surface area (Å²) in [7, 11) is 0. The Morgan fingerprint density at radius 2 is 1.81 bits per heavy atom. The summed E-state index contributed by atoms with van der Waals surface area (Å²) in [6, 6.07) is 14.4. The van der Waals surface area contributed by atoms with Crippen molar-refractivity contribution in [3.63, 3.8) is 0 Å². The van der Waals surface area contributed by atoms with Crippen LogP contribution in [-0.2, 0) is 0 Å². The molecule has 2 aromatic rings. The van der Waals surface area contributed by atoms with Crippen molar-refractivity contribution in [2.75, 3.05) is 0 Å². The quantitative estimate of drug-likeness (QED) is 0.718. The highest BCUT2D eigenvalue weighted by Crippen LogP contribution is 2.29. The van der Waals surface area contributed by atoms with E-state index >= 15 is 0 Å². The molecule has 3 rings (SSSR count). The maximum absolute atomic E-state index is 10.3. The third-order valence-corrected chi connectivity index (χ3v) is 4.18. The maximum atomic E-state index is 10.3. The summed E-state index contributed by atoms with van der Waals surface area (Å²) in [5.74, 6) is 6.50. The normalized spacial score (nSPS) is 24.3. The van der Waals surface area contributed by atoms with E-state index < -0.39 is 5.60 Å². The van der Waals surface area contributed by atoms with Crippen LogP contribution in [0.15, 0.2) is 66.3 Å². The molecule has 0 heterocycles. The van der Waals surface area contributed by atoms with Gasteiger partial charge in [0.05, 0.1) is 5.60 Å². The number of fused-ring (bicyclic) bond motifs is 1. The molecular formula is C20H18O. The van der Waals surface area contributed by atoms with E-state index in [0.29, 0.717) is 0 Å². The number of hydrogen-bond donors (Lipinski definition) is 1. The van der Waals surface area contributed by atoms with Gasteiger partial charge in [0.25, 0.3) is 0 Å². The number of rotatable bonds is 0. The van der Waals surface area contributed by atoms with Gasteiger partial charge in [0.15, 0.2) is 0 Å². The molecule has 1 N–H and O–H groups in total. The monoisotopic (exact) mass is 274 g/mol. The van der Waals surface area contributed by atoms with Crippen molar-refractivity contribution >= 4 is 10.8 Å². The molecular weight excluding hydrogens is 256 g/mol. The van der Waals surface area contributed by atoms with Crippen LogP contribution in [0.5, 0.6) is 0 Å². The number of benzene rings is 2. The minimum Gasteiger partial charge on any atom is -0.385 e. The molecule has 0 aromatic heterocycles. The van der Waals surface area contributed by atoms with Gasteiger partial charge >= 0.3 is 0 Å². The molecule has 1 aliphatic carbocycles. The van der Waals surface area contributed by atoms with E-state index in [1.807, 2.05) is 56.3 Å². The molecule has 21 heavy (non-hydrogen) atoms. The van der Waals surface area contributed by atoms with Gasteiger partial charge in [-0.15, -0.1) is 0 Å². The minimum atomic E-state index is -0.822. The molecule has 0 spiro atoms. The highest BCUT2D eigenvalue weighted by Gasteiger charge is 2.29. The fraction of sp³-hybridized carbons (Fsp3) is 0.200. The van der Waals surface area contributed by atoms with Crippen LogP contribution in [0.1, 0.15) is 19.4 Å². The van der Waals surface area contributed by atoms with Gasteiger partial charge < -0.3 is 5.11 Å². The zero-order valence-electron chi connectivity index (χ0n) is 12.3.